The first-order valence-corrected chi connectivity index (χ1v) is 8.37. The third-order valence-electron chi connectivity index (χ3n) is 5.00. The summed E-state index contributed by atoms with van der Waals surface area (Å²) in [6.45, 7) is 10.2. The molecule has 0 aromatic carbocycles. The SMILES string of the molecule is Cc1cc(C(C)O)c2cc(N3CCC(C)(C)CC3)cc(=O)n2c1. The van der Waals surface area contributed by atoms with E-state index < -0.39 is 6.10 Å². The van der Waals surface area contributed by atoms with Crippen LogP contribution in [-0.2, 0) is 0 Å². The molecule has 23 heavy (non-hydrogen) atoms. The van der Waals surface area contributed by atoms with Crippen LogP contribution in [0.4, 0.5) is 5.69 Å². The monoisotopic (exact) mass is 314 g/mol. The lowest BCUT2D eigenvalue weighted by Crippen LogP contribution is -2.37. The summed E-state index contributed by atoms with van der Waals surface area (Å²) in [5.74, 6) is 0. The minimum atomic E-state index is -0.597. The van der Waals surface area contributed by atoms with Gasteiger partial charge in [-0.3, -0.25) is 9.20 Å². The van der Waals surface area contributed by atoms with Gasteiger partial charge in [0.2, 0.25) is 0 Å². The summed E-state index contributed by atoms with van der Waals surface area (Å²) >= 11 is 0. The second kappa shape index (κ2) is 5.68. The van der Waals surface area contributed by atoms with Crippen molar-refractivity contribution in [1.82, 2.24) is 4.40 Å². The zero-order chi connectivity index (χ0) is 16.8. The molecule has 4 nitrogen and oxygen atoms in total. The summed E-state index contributed by atoms with van der Waals surface area (Å²) < 4.78 is 1.65. The zero-order valence-corrected chi connectivity index (χ0v) is 14.5. The van der Waals surface area contributed by atoms with E-state index in [4.69, 9.17) is 0 Å². The van der Waals surface area contributed by atoms with Gasteiger partial charge in [0, 0.05) is 36.6 Å². The summed E-state index contributed by atoms with van der Waals surface area (Å²) in [5, 5.41) is 10.1. The van der Waals surface area contributed by atoms with E-state index in [0.717, 1.165) is 48.3 Å². The van der Waals surface area contributed by atoms with Crippen molar-refractivity contribution in [2.45, 2.75) is 46.6 Å². The standard InChI is InChI=1S/C19H26N2O2/c1-13-9-16(14(2)22)17-10-15(11-18(23)21(17)12-13)20-7-5-19(3,4)6-8-20/h9-12,14,22H,5-8H2,1-4H3. The predicted molar refractivity (Wildman–Crippen MR) is 94.3 cm³/mol. The molecule has 1 saturated heterocycles. The van der Waals surface area contributed by atoms with Gasteiger partial charge in [-0.05, 0) is 49.8 Å². The number of pyridine rings is 2. The van der Waals surface area contributed by atoms with Gasteiger partial charge in [0.15, 0.2) is 0 Å². The Labute approximate surface area is 137 Å². The Kier molecular flexibility index (Phi) is 3.96. The average Bonchev–Trinajstić information content (AvgIpc) is 2.47. The summed E-state index contributed by atoms with van der Waals surface area (Å²) in [6, 6.07) is 5.72. The normalized spacial score (nSPS) is 19.1. The Morgan fingerprint density at radius 3 is 2.43 bits per heavy atom. The predicted octanol–water partition coefficient (Wildman–Crippen LogP) is 3.29. The number of piperidine rings is 1. The van der Waals surface area contributed by atoms with Crippen LogP contribution in [0.2, 0.25) is 0 Å². The first kappa shape index (κ1) is 16.1. The van der Waals surface area contributed by atoms with Gasteiger partial charge in [-0.1, -0.05) is 13.8 Å². The quantitative estimate of drug-likeness (QED) is 0.925. The second-order valence-corrected chi connectivity index (χ2v) is 7.61. The molecule has 1 N–H and O–H groups in total. The van der Waals surface area contributed by atoms with Gasteiger partial charge in [-0.2, -0.15) is 0 Å². The molecule has 1 aliphatic rings. The number of aromatic nitrogens is 1. The molecule has 124 valence electrons. The van der Waals surface area contributed by atoms with Crippen LogP contribution in [0.25, 0.3) is 5.52 Å². The molecule has 3 rings (SSSR count). The molecule has 0 aliphatic carbocycles. The largest absolute Gasteiger partial charge is 0.389 e. The maximum atomic E-state index is 12.6. The molecule has 0 radical (unpaired) electrons. The molecule has 0 saturated carbocycles. The molecule has 0 spiro atoms. The molecule has 3 heterocycles. The highest BCUT2D eigenvalue weighted by atomic mass is 16.3. The molecular formula is C19H26N2O2. The molecule has 4 heteroatoms. The number of nitrogens with zero attached hydrogens (tertiary/aromatic N) is 2. The van der Waals surface area contributed by atoms with Gasteiger partial charge in [0.05, 0.1) is 11.6 Å². The van der Waals surface area contributed by atoms with E-state index >= 15 is 0 Å². The van der Waals surface area contributed by atoms with Crippen LogP contribution < -0.4 is 10.5 Å². The Bertz CT molecular complexity index is 780. The number of rotatable bonds is 2. The summed E-state index contributed by atoms with van der Waals surface area (Å²) in [5.41, 5.74) is 3.90. The summed E-state index contributed by atoms with van der Waals surface area (Å²) in [4.78, 5) is 14.8. The molecular weight excluding hydrogens is 288 g/mol. The van der Waals surface area contributed by atoms with Crippen LogP contribution in [0.1, 0.15) is 50.8 Å². The van der Waals surface area contributed by atoms with Crippen molar-refractivity contribution in [3.8, 4) is 0 Å². The lowest BCUT2D eigenvalue weighted by atomic mass is 9.82. The lowest BCUT2D eigenvalue weighted by Gasteiger charge is -2.38. The number of aliphatic hydroxyl groups is 1. The highest BCUT2D eigenvalue weighted by molar-refractivity contribution is 5.65. The molecule has 2 aromatic rings. The first-order chi connectivity index (χ1) is 10.8. The van der Waals surface area contributed by atoms with E-state index in [-0.39, 0.29) is 5.56 Å². The van der Waals surface area contributed by atoms with Gasteiger partial charge >= 0.3 is 0 Å². The van der Waals surface area contributed by atoms with Crippen molar-refractivity contribution < 1.29 is 5.11 Å². The Balaban J connectivity index is 2.09. The minimum Gasteiger partial charge on any atom is -0.389 e. The van der Waals surface area contributed by atoms with Crippen molar-refractivity contribution in [2.75, 3.05) is 18.0 Å². The van der Waals surface area contributed by atoms with Gasteiger partial charge in [0.1, 0.15) is 0 Å². The smallest absolute Gasteiger partial charge is 0.257 e. The maximum Gasteiger partial charge on any atom is 0.257 e. The van der Waals surface area contributed by atoms with Crippen LogP contribution >= 0.6 is 0 Å². The molecule has 1 fully saturated rings. The summed E-state index contributed by atoms with van der Waals surface area (Å²) in [6.07, 6.45) is 3.50. The van der Waals surface area contributed by atoms with E-state index in [0.29, 0.717) is 5.41 Å². The fourth-order valence-electron chi connectivity index (χ4n) is 3.37. The molecule has 1 atom stereocenters. The molecule has 0 amide bonds. The molecule has 1 aliphatic heterocycles. The van der Waals surface area contributed by atoms with Crippen LogP contribution in [0, 0.1) is 12.3 Å². The van der Waals surface area contributed by atoms with Gasteiger partial charge in [-0.25, -0.2) is 0 Å². The van der Waals surface area contributed by atoms with Crippen molar-refractivity contribution in [2.24, 2.45) is 5.41 Å². The third-order valence-corrected chi connectivity index (χ3v) is 5.00. The Morgan fingerprint density at radius 1 is 1.17 bits per heavy atom. The fourth-order valence-corrected chi connectivity index (χ4v) is 3.37. The maximum absolute atomic E-state index is 12.6. The van der Waals surface area contributed by atoms with Crippen LogP contribution in [-0.4, -0.2) is 22.6 Å². The Morgan fingerprint density at radius 2 is 1.83 bits per heavy atom. The topological polar surface area (TPSA) is 45.0 Å². The molecule has 1 unspecified atom stereocenters. The van der Waals surface area contributed by atoms with Crippen molar-refractivity contribution >= 4 is 11.2 Å². The fraction of sp³-hybridized carbons (Fsp3) is 0.526. The van der Waals surface area contributed by atoms with E-state index in [9.17, 15) is 9.90 Å². The third kappa shape index (κ3) is 3.13. The number of aryl methyl sites for hydroxylation is 1. The Hall–Kier alpha value is -1.81. The van der Waals surface area contributed by atoms with Crippen LogP contribution in [0.3, 0.4) is 0 Å². The van der Waals surface area contributed by atoms with Crippen LogP contribution in [0.15, 0.2) is 29.2 Å². The lowest BCUT2D eigenvalue weighted by molar-refractivity contribution is 0.200. The first-order valence-electron chi connectivity index (χ1n) is 8.37. The van der Waals surface area contributed by atoms with Gasteiger partial charge in [-0.15, -0.1) is 0 Å². The van der Waals surface area contributed by atoms with E-state index in [1.807, 2.05) is 25.3 Å². The second-order valence-electron chi connectivity index (χ2n) is 7.61. The minimum absolute atomic E-state index is 0.0343. The molecule has 0 bridgehead atoms. The zero-order valence-electron chi connectivity index (χ0n) is 14.5. The number of anilines is 1. The average molecular weight is 314 g/mol. The van der Waals surface area contributed by atoms with Crippen molar-refractivity contribution in [3.63, 3.8) is 0 Å². The highest BCUT2D eigenvalue weighted by Gasteiger charge is 2.26. The van der Waals surface area contributed by atoms with Crippen molar-refractivity contribution in [1.29, 1.82) is 0 Å². The number of hydrogen-bond donors (Lipinski definition) is 1. The van der Waals surface area contributed by atoms with Gasteiger partial charge < -0.3 is 10.0 Å². The number of hydrogen-bond acceptors (Lipinski definition) is 3. The van der Waals surface area contributed by atoms with Crippen LogP contribution in [0.5, 0.6) is 0 Å². The van der Waals surface area contributed by atoms with E-state index in [1.165, 1.54) is 0 Å². The van der Waals surface area contributed by atoms with Gasteiger partial charge in [0.25, 0.3) is 5.56 Å². The van der Waals surface area contributed by atoms with E-state index in [2.05, 4.69) is 18.7 Å². The van der Waals surface area contributed by atoms with E-state index in [1.54, 1.807) is 17.4 Å². The molecule has 2 aromatic heterocycles. The summed E-state index contributed by atoms with van der Waals surface area (Å²) in [7, 11) is 0. The number of aliphatic hydroxyl groups excluding tert-OH is 1. The number of fused-ring (bicyclic) bond motifs is 1. The van der Waals surface area contributed by atoms with Crippen molar-refractivity contribution in [3.05, 3.63) is 45.9 Å². The highest BCUT2D eigenvalue weighted by Crippen LogP contribution is 2.32.